The molecule has 2 amide bonds. The van der Waals surface area contributed by atoms with Gasteiger partial charge in [0.15, 0.2) is 0 Å². The second-order valence-electron chi connectivity index (χ2n) is 5.85. The van der Waals surface area contributed by atoms with Crippen LogP contribution in [0.25, 0.3) is 0 Å². The number of benzene rings is 2. The van der Waals surface area contributed by atoms with Gasteiger partial charge in [0, 0.05) is 14.5 Å². The van der Waals surface area contributed by atoms with Gasteiger partial charge in [-0.25, -0.2) is 5.43 Å². The Morgan fingerprint density at radius 2 is 1.89 bits per heavy atom. The fourth-order valence-corrected chi connectivity index (χ4v) is 2.86. The Bertz CT molecular complexity index is 854. The molecule has 0 radical (unpaired) electrons. The van der Waals surface area contributed by atoms with Crippen molar-refractivity contribution in [2.24, 2.45) is 5.10 Å². The van der Waals surface area contributed by atoms with E-state index in [4.69, 9.17) is 4.74 Å². The van der Waals surface area contributed by atoms with Crippen LogP contribution < -0.4 is 15.5 Å². The Hall–Kier alpha value is -2.19. The zero-order valence-corrected chi connectivity index (χ0v) is 18.0. The van der Waals surface area contributed by atoms with Crippen LogP contribution in [0.2, 0.25) is 0 Å². The summed E-state index contributed by atoms with van der Waals surface area (Å²) in [6, 6.07) is 12.7. The number of halogens is 2. The lowest BCUT2D eigenvalue weighted by Crippen LogP contribution is -2.24. The van der Waals surface area contributed by atoms with Crippen LogP contribution in [0.4, 0.5) is 5.69 Å². The second-order valence-corrected chi connectivity index (χ2v) is 7.62. The largest absolute Gasteiger partial charge is 0.490 e. The van der Waals surface area contributed by atoms with E-state index in [9.17, 15) is 9.59 Å². The number of para-hydroxylation sites is 1. The van der Waals surface area contributed by atoms with E-state index in [2.05, 4.69) is 47.7 Å². The molecule has 0 aromatic heterocycles. The third-order valence-corrected chi connectivity index (χ3v) is 4.38. The zero-order chi connectivity index (χ0) is 19.8. The molecule has 0 atom stereocenters. The minimum atomic E-state index is -0.517. The van der Waals surface area contributed by atoms with Crippen molar-refractivity contribution in [3.63, 3.8) is 0 Å². The predicted molar refractivity (Wildman–Crippen MR) is 113 cm³/mol. The molecule has 142 valence electrons. The van der Waals surface area contributed by atoms with Crippen molar-refractivity contribution in [1.82, 2.24) is 5.43 Å². The quantitative estimate of drug-likeness (QED) is 0.337. The summed E-state index contributed by atoms with van der Waals surface area (Å²) in [6.45, 7) is 3.85. The zero-order valence-electron chi connectivity index (χ0n) is 14.8. The molecular weight excluding hydrogens is 478 g/mol. The molecule has 0 unspecified atom stereocenters. The lowest BCUT2D eigenvalue weighted by Gasteiger charge is -2.12. The Morgan fingerprint density at radius 1 is 1.15 bits per heavy atom. The molecule has 2 N–H and O–H groups in total. The summed E-state index contributed by atoms with van der Waals surface area (Å²) < 4.78 is 7.31. The molecule has 0 fully saturated rings. The van der Waals surface area contributed by atoms with Gasteiger partial charge in [-0.15, -0.1) is 0 Å². The monoisotopic (exact) mass is 495 g/mol. The summed E-state index contributed by atoms with van der Waals surface area (Å²) in [5.41, 5.74) is 3.65. The average Bonchev–Trinajstić information content (AvgIpc) is 2.59. The van der Waals surface area contributed by atoms with E-state index in [0.29, 0.717) is 17.0 Å². The summed E-state index contributed by atoms with van der Waals surface area (Å²) in [5, 5.41) is 6.58. The van der Waals surface area contributed by atoms with Gasteiger partial charge in [-0.05, 0) is 60.1 Å². The molecule has 2 aromatic carbocycles. The Balaban J connectivity index is 1.92. The van der Waals surface area contributed by atoms with Crippen molar-refractivity contribution < 1.29 is 14.3 Å². The van der Waals surface area contributed by atoms with Gasteiger partial charge in [-0.1, -0.05) is 28.1 Å². The van der Waals surface area contributed by atoms with E-state index in [1.54, 1.807) is 18.2 Å². The molecule has 0 aliphatic carbocycles. The normalized spacial score (nSPS) is 10.9. The fourth-order valence-electron chi connectivity index (χ4n) is 2.10. The molecule has 6 nitrogen and oxygen atoms in total. The molecule has 0 bridgehead atoms. The van der Waals surface area contributed by atoms with Gasteiger partial charge in [0.1, 0.15) is 12.2 Å². The maximum Gasteiger partial charge on any atom is 0.249 e. The number of carbonyl (C=O) groups excluding carboxylic acids is 2. The average molecular weight is 497 g/mol. The highest BCUT2D eigenvalue weighted by molar-refractivity contribution is 9.10. The number of hydrogen-bond donors (Lipinski definition) is 2. The first-order valence-electron chi connectivity index (χ1n) is 8.17. The first kappa shape index (κ1) is 21.1. The second kappa shape index (κ2) is 10.2. The molecule has 8 heteroatoms. The number of ether oxygens (including phenoxy) is 1. The summed E-state index contributed by atoms with van der Waals surface area (Å²) in [4.78, 5) is 23.9. The third kappa shape index (κ3) is 7.15. The van der Waals surface area contributed by atoms with Crippen LogP contribution in [0.3, 0.4) is 0 Å². The number of hydrogen-bond acceptors (Lipinski definition) is 4. The Kier molecular flexibility index (Phi) is 7.99. The third-order valence-electron chi connectivity index (χ3n) is 3.20. The van der Waals surface area contributed by atoms with Gasteiger partial charge in [0.2, 0.25) is 11.8 Å². The maximum absolute atomic E-state index is 12.0. The highest BCUT2D eigenvalue weighted by Crippen LogP contribution is 2.23. The van der Waals surface area contributed by atoms with Crippen LogP contribution in [0.15, 0.2) is 56.5 Å². The fraction of sp³-hybridized carbons (Fsp3) is 0.211. The maximum atomic E-state index is 12.0. The molecule has 2 aromatic rings. The molecule has 0 aliphatic heterocycles. The van der Waals surface area contributed by atoms with E-state index < -0.39 is 11.8 Å². The first-order valence-corrected chi connectivity index (χ1v) is 9.76. The van der Waals surface area contributed by atoms with Gasteiger partial charge in [-0.2, -0.15) is 5.10 Å². The minimum absolute atomic E-state index is 0.00826. The Morgan fingerprint density at radius 3 is 2.59 bits per heavy atom. The van der Waals surface area contributed by atoms with E-state index >= 15 is 0 Å². The van der Waals surface area contributed by atoms with Crippen molar-refractivity contribution in [3.8, 4) is 5.75 Å². The molecule has 0 heterocycles. The number of anilines is 1. The molecule has 27 heavy (non-hydrogen) atoms. The van der Waals surface area contributed by atoms with Crippen molar-refractivity contribution in [2.45, 2.75) is 26.4 Å². The summed E-state index contributed by atoms with van der Waals surface area (Å²) in [6.07, 6.45) is 1.15. The number of carbonyl (C=O) groups is 2. The lowest BCUT2D eigenvalue weighted by molar-refractivity contribution is -0.126. The van der Waals surface area contributed by atoms with Gasteiger partial charge < -0.3 is 10.1 Å². The first-order chi connectivity index (χ1) is 12.8. The van der Waals surface area contributed by atoms with Crippen LogP contribution in [-0.2, 0) is 9.59 Å². The van der Waals surface area contributed by atoms with Crippen LogP contribution in [-0.4, -0.2) is 24.1 Å². The van der Waals surface area contributed by atoms with Crippen LogP contribution >= 0.6 is 31.9 Å². The van der Waals surface area contributed by atoms with Crippen molar-refractivity contribution in [1.29, 1.82) is 0 Å². The number of nitrogens with zero attached hydrogens (tertiary/aromatic N) is 1. The van der Waals surface area contributed by atoms with Crippen molar-refractivity contribution in [2.75, 3.05) is 5.32 Å². The molecule has 0 saturated heterocycles. The van der Waals surface area contributed by atoms with Crippen LogP contribution in [0.1, 0.15) is 25.8 Å². The van der Waals surface area contributed by atoms with E-state index in [1.165, 1.54) is 6.21 Å². The van der Waals surface area contributed by atoms with E-state index in [-0.39, 0.29) is 12.5 Å². The van der Waals surface area contributed by atoms with Crippen LogP contribution in [0.5, 0.6) is 5.75 Å². The number of hydrazone groups is 1. The molecule has 0 aliphatic rings. The summed E-state index contributed by atoms with van der Waals surface area (Å²) in [5.74, 6) is -0.295. The van der Waals surface area contributed by atoms with Gasteiger partial charge in [-0.3, -0.25) is 9.59 Å². The number of amides is 2. The highest BCUT2D eigenvalue weighted by Gasteiger charge is 2.10. The topological polar surface area (TPSA) is 79.8 Å². The van der Waals surface area contributed by atoms with E-state index in [1.807, 2.05) is 38.1 Å². The van der Waals surface area contributed by atoms with Crippen LogP contribution in [0, 0.1) is 0 Å². The predicted octanol–water partition coefficient (Wildman–Crippen LogP) is 4.48. The SMILES string of the molecule is CC(C)Oc1ccc(Br)cc1C=NNC(=O)CC(=O)Nc1ccccc1Br. The molecular formula is C19H19Br2N3O3. The molecule has 0 saturated carbocycles. The Labute approximate surface area is 174 Å². The molecule has 0 spiro atoms. The van der Waals surface area contributed by atoms with Gasteiger partial charge >= 0.3 is 0 Å². The molecule has 2 rings (SSSR count). The number of rotatable bonds is 7. The highest BCUT2D eigenvalue weighted by atomic mass is 79.9. The smallest absolute Gasteiger partial charge is 0.249 e. The lowest BCUT2D eigenvalue weighted by atomic mass is 10.2. The van der Waals surface area contributed by atoms with Gasteiger partial charge in [0.05, 0.1) is 18.0 Å². The summed E-state index contributed by atoms with van der Waals surface area (Å²) >= 11 is 6.73. The van der Waals surface area contributed by atoms with Crippen molar-refractivity contribution in [3.05, 3.63) is 57.0 Å². The van der Waals surface area contributed by atoms with Gasteiger partial charge in [0.25, 0.3) is 0 Å². The minimum Gasteiger partial charge on any atom is -0.490 e. The van der Waals surface area contributed by atoms with E-state index in [0.717, 1.165) is 8.95 Å². The number of nitrogens with one attached hydrogen (secondary N) is 2. The standard InChI is InChI=1S/C19H19Br2N3O3/c1-12(2)27-17-8-7-14(20)9-13(17)11-22-24-19(26)10-18(25)23-16-6-4-3-5-15(16)21/h3-9,11-12H,10H2,1-2H3,(H,23,25)(H,24,26). The van der Waals surface area contributed by atoms with Crippen molar-refractivity contribution >= 4 is 55.6 Å². The summed E-state index contributed by atoms with van der Waals surface area (Å²) in [7, 11) is 0.